The SMILES string of the molecule is COC(=O)C12C3CCCC1C32S(=O)(=O)c1ccccc1. The molecular formula is C15H16O4S. The minimum atomic E-state index is -3.46. The van der Waals surface area contributed by atoms with Crippen molar-refractivity contribution < 1.29 is 17.9 Å². The summed E-state index contributed by atoms with van der Waals surface area (Å²) in [5.41, 5.74) is -0.728. The molecule has 0 N–H and O–H groups in total. The van der Waals surface area contributed by atoms with Crippen LogP contribution in [0.3, 0.4) is 0 Å². The monoisotopic (exact) mass is 292 g/mol. The fraction of sp³-hybridized carbons (Fsp3) is 0.533. The molecule has 1 aromatic carbocycles. The summed E-state index contributed by atoms with van der Waals surface area (Å²) in [4.78, 5) is 12.5. The summed E-state index contributed by atoms with van der Waals surface area (Å²) in [5, 5.41) is 0. The Kier molecular flexibility index (Phi) is 2.14. The van der Waals surface area contributed by atoms with E-state index in [2.05, 4.69) is 0 Å². The average Bonchev–Trinajstić information content (AvgIpc) is 3.35. The van der Waals surface area contributed by atoms with Gasteiger partial charge in [-0.25, -0.2) is 8.42 Å². The van der Waals surface area contributed by atoms with Crippen LogP contribution in [0.25, 0.3) is 0 Å². The van der Waals surface area contributed by atoms with Gasteiger partial charge in [-0.2, -0.15) is 0 Å². The molecule has 2 unspecified atom stereocenters. The smallest absolute Gasteiger partial charge is 0.314 e. The molecule has 0 bridgehead atoms. The van der Waals surface area contributed by atoms with E-state index in [1.807, 2.05) is 0 Å². The van der Waals surface area contributed by atoms with Crippen LogP contribution >= 0.6 is 0 Å². The number of benzene rings is 1. The molecule has 5 heteroatoms. The molecule has 0 heterocycles. The van der Waals surface area contributed by atoms with Gasteiger partial charge in [0.1, 0.15) is 4.75 Å². The number of rotatable bonds is 3. The number of hydrogen-bond donors (Lipinski definition) is 0. The maximum Gasteiger partial charge on any atom is 0.314 e. The summed E-state index contributed by atoms with van der Waals surface area (Å²) >= 11 is 0. The molecule has 2 atom stereocenters. The van der Waals surface area contributed by atoms with E-state index in [-0.39, 0.29) is 17.8 Å². The molecule has 0 radical (unpaired) electrons. The van der Waals surface area contributed by atoms with Crippen molar-refractivity contribution in [3.8, 4) is 0 Å². The van der Waals surface area contributed by atoms with Crippen LogP contribution < -0.4 is 0 Å². The molecule has 0 spiro atoms. The molecule has 3 fully saturated rings. The second-order valence-corrected chi connectivity index (χ2v) is 8.16. The molecule has 0 amide bonds. The zero-order valence-corrected chi connectivity index (χ0v) is 12.0. The highest BCUT2D eigenvalue weighted by molar-refractivity contribution is 7.93. The zero-order valence-electron chi connectivity index (χ0n) is 11.2. The van der Waals surface area contributed by atoms with Gasteiger partial charge in [-0.1, -0.05) is 24.6 Å². The van der Waals surface area contributed by atoms with Gasteiger partial charge in [0, 0.05) is 0 Å². The van der Waals surface area contributed by atoms with Gasteiger partial charge in [0.15, 0.2) is 9.84 Å². The standard InChI is InChI=1S/C15H16O4S/c1-19-13(16)14-11-8-5-9-12(14)15(11,14)20(17,18)10-6-3-2-4-7-10/h2-4,6-7,11-12H,5,8-9H2,1H3. The van der Waals surface area contributed by atoms with Gasteiger partial charge in [-0.15, -0.1) is 0 Å². The van der Waals surface area contributed by atoms with E-state index in [9.17, 15) is 13.2 Å². The highest BCUT2D eigenvalue weighted by Crippen LogP contribution is 2.95. The van der Waals surface area contributed by atoms with Gasteiger partial charge < -0.3 is 4.74 Å². The molecule has 3 saturated carbocycles. The summed E-state index contributed by atoms with van der Waals surface area (Å²) in [7, 11) is -2.11. The second kappa shape index (κ2) is 3.45. The van der Waals surface area contributed by atoms with Crippen LogP contribution in [0.5, 0.6) is 0 Å². The van der Waals surface area contributed by atoms with Crippen molar-refractivity contribution in [3.05, 3.63) is 30.3 Å². The Morgan fingerprint density at radius 3 is 2.35 bits per heavy atom. The lowest BCUT2D eigenvalue weighted by molar-refractivity contribution is -0.146. The predicted molar refractivity (Wildman–Crippen MR) is 71.6 cm³/mol. The number of sulfone groups is 1. The molecule has 3 aliphatic rings. The van der Waals surface area contributed by atoms with E-state index < -0.39 is 20.0 Å². The minimum Gasteiger partial charge on any atom is -0.469 e. The van der Waals surface area contributed by atoms with Crippen molar-refractivity contribution in [2.45, 2.75) is 28.9 Å². The molecule has 0 saturated heterocycles. The van der Waals surface area contributed by atoms with Crippen LogP contribution in [0.2, 0.25) is 0 Å². The fourth-order valence-electron chi connectivity index (χ4n) is 4.95. The summed E-state index contributed by atoms with van der Waals surface area (Å²) in [6.07, 6.45) is 2.65. The van der Waals surface area contributed by atoms with E-state index in [4.69, 9.17) is 4.74 Å². The van der Waals surface area contributed by atoms with Crippen molar-refractivity contribution in [1.82, 2.24) is 0 Å². The topological polar surface area (TPSA) is 60.4 Å². The Balaban J connectivity index is 1.83. The Bertz CT molecular complexity index is 680. The van der Waals surface area contributed by atoms with Gasteiger partial charge >= 0.3 is 5.97 Å². The molecule has 106 valence electrons. The van der Waals surface area contributed by atoms with Gasteiger partial charge in [0.2, 0.25) is 0 Å². The molecule has 0 aromatic heterocycles. The normalized spacial score (nSPS) is 40.6. The molecule has 1 aromatic rings. The number of esters is 1. The van der Waals surface area contributed by atoms with Crippen molar-refractivity contribution in [2.24, 2.45) is 17.3 Å². The third-order valence-electron chi connectivity index (χ3n) is 5.62. The molecule has 20 heavy (non-hydrogen) atoms. The van der Waals surface area contributed by atoms with Crippen LogP contribution in [-0.4, -0.2) is 26.2 Å². The van der Waals surface area contributed by atoms with Crippen molar-refractivity contribution >= 4 is 15.8 Å². The van der Waals surface area contributed by atoms with E-state index in [0.717, 1.165) is 19.3 Å². The molecule has 4 nitrogen and oxygen atoms in total. The Hall–Kier alpha value is -1.36. The summed E-state index contributed by atoms with van der Waals surface area (Å²) in [5.74, 6) is -0.399. The third-order valence-corrected chi connectivity index (χ3v) is 8.31. The van der Waals surface area contributed by atoms with E-state index in [0.29, 0.717) is 4.90 Å². The highest BCUT2D eigenvalue weighted by atomic mass is 32.2. The average molecular weight is 292 g/mol. The minimum absolute atomic E-state index is 0.0357. The number of carbonyl (C=O) groups excluding carboxylic acids is 1. The van der Waals surface area contributed by atoms with Gasteiger partial charge in [0.05, 0.1) is 17.4 Å². The number of methoxy groups -OCH3 is 1. The summed E-state index contributed by atoms with van der Waals surface area (Å²) in [6, 6.07) is 8.50. The zero-order chi connectivity index (χ0) is 14.2. The first-order valence-corrected chi connectivity index (χ1v) is 8.42. The third kappa shape index (κ3) is 0.974. The van der Waals surface area contributed by atoms with Crippen LogP contribution in [-0.2, 0) is 19.4 Å². The number of fused-ring (bicyclic) bond motifs is 2. The van der Waals surface area contributed by atoms with Crippen molar-refractivity contribution in [3.63, 3.8) is 0 Å². The maximum absolute atomic E-state index is 13.0. The largest absolute Gasteiger partial charge is 0.469 e. The highest BCUT2D eigenvalue weighted by Gasteiger charge is 3.06. The first-order chi connectivity index (χ1) is 9.56. The van der Waals surface area contributed by atoms with Gasteiger partial charge in [0.25, 0.3) is 0 Å². The number of carbonyl (C=O) groups is 1. The Morgan fingerprint density at radius 2 is 1.80 bits per heavy atom. The molecule has 3 aliphatic carbocycles. The summed E-state index contributed by atoms with van der Waals surface area (Å²) < 4.78 is 30.0. The van der Waals surface area contributed by atoms with Crippen LogP contribution in [0, 0.1) is 17.3 Å². The predicted octanol–water partition coefficient (Wildman–Crippen LogP) is 1.80. The Labute approximate surface area is 118 Å². The maximum atomic E-state index is 13.0. The second-order valence-electron chi connectivity index (χ2n) is 6.01. The molecule has 0 aliphatic heterocycles. The lowest BCUT2D eigenvalue weighted by Crippen LogP contribution is -2.30. The quantitative estimate of drug-likeness (QED) is 0.797. The van der Waals surface area contributed by atoms with Gasteiger partial charge in [-0.3, -0.25) is 4.79 Å². The lowest BCUT2D eigenvalue weighted by Gasteiger charge is -2.26. The van der Waals surface area contributed by atoms with Crippen LogP contribution in [0.4, 0.5) is 0 Å². The lowest BCUT2D eigenvalue weighted by atomic mass is 9.82. The first-order valence-electron chi connectivity index (χ1n) is 6.94. The van der Waals surface area contributed by atoms with Gasteiger partial charge in [-0.05, 0) is 36.8 Å². The first kappa shape index (κ1) is 12.4. The summed E-state index contributed by atoms with van der Waals surface area (Å²) in [6.45, 7) is 0. The number of hydrogen-bond acceptors (Lipinski definition) is 4. The van der Waals surface area contributed by atoms with Crippen molar-refractivity contribution in [2.75, 3.05) is 7.11 Å². The van der Waals surface area contributed by atoms with Crippen molar-refractivity contribution in [1.29, 1.82) is 0 Å². The molecular weight excluding hydrogens is 276 g/mol. The van der Waals surface area contributed by atoms with E-state index in [1.54, 1.807) is 30.3 Å². The number of ether oxygens (including phenoxy) is 1. The van der Waals surface area contributed by atoms with E-state index >= 15 is 0 Å². The fourth-order valence-corrected chi connectivity index (χ4v) is 7.90. The van der Waals surface area contributed by atoms with Crippen LogP contribution in [0.1, 0.15) is 19.3 Å². The van der Waals surface area contributed by atoms with Crippen LogP contribution in [0.15, 0.2) is 35.2 Å². The molecule has 4 rings (SSSR count). The Morgan fingerprint density at radius 1 is 1.20 bits per heavy atom. The van der Waals surface area contributed by atoms with E-state index in [1.165, 1.54) is 7.11 Å².